The maximum atomic E-state index is 5.71. The summed E-state index contributed by atoms with van der Waals surface area (Å²) in [6.07, 6.45) is 0.0652. The molecule has 0 aliphatic carbocycles. The van der Waals surface area contributed by atoms with Gasteiger partial charge in [0.05, 0.1) is 6.61 Å². The van der Waals surface area contributed by atoms with E-state index in [1.807, 2.05) is 11.8 Å². The molecule has 2 heterocycles. The lowest BCUT2D eigenvalue weighted by Gasteiger charge is -2.22. The topological polar surface area (TPSA) is 37.9 Å². The Morgan fingerprint density at radius 3 is 2.82 bits per heavy atom. The lowest BCUT2D eigenvalue weighted by atomic mass is 10.0. The fourth-order valence-corrected chi connectivity index (χ4v) is 3.43. The molecular formula is C12H18N2OS2. The van der Waals surface area contributed by atoms with Gasteiger partial charge in [0.15, 0.2) is 0 Å². The van der Waals surface area contributed by atoms with Crippen LogP contribution in [0, 0.1) is 11.6 Å². The largest absolute Gasteiger partial charge is 0.369 e. The van der Waals surface area contributed by atoms with Crippen molar-refractivity contribution in [3.63, 3.8) is 0 Å². The molecule has 0 amide bonds. The van der Waals surface area contributed by atoms with Crippen LogP contribution in [0.2, 0.25) is 0 Å². The van der Waals surface area contributed by atoms with E-state index < -0.39 is 0 Å². The average molecular weight is 270 g/mol. The standard InChI is InChI=1S/C12H18N2OS2/c1-7(2)10-8(3)13-11(14-12(10)16)9-6-17-5-4-15-9/h7,9H,4-6H2,1-3H3,(H,13,14,16). The zero-order valence-electron chi connectivity index (χ0n) is 10.4. The number of hydrogen-bond donors (Lipinski definition) is 1. The second-order valence-electron chi connectivity index (χ2n) is 4.55. The zero-order valence-corrected chi connectivity index (χ0v) is 12.1. The molecule has 1 aliphatic rings. The number of aryl methyl sites for hydroxylation is 1. The lowest BCUT2D eigenvalue weighted by Crippen LogP contribution is -2.19. The van der Waals surface area contributed by atoms with E-state index in [1.54, 1.807) is 0 Å². The Hall–Kier alpha value is -0.390. The number of ether oxygens (including phenoxy) is 1. The van der Waals surface area contributed by atoms with Gasteiger partial charge in [0, 0.05) is 22.8 Å². The first-order chi connectivity index (χ1) is 8.09. The normalized spacial score (nSPS) is 20.8. The van der Waals surface area contributed by atoms with Crippen molar-refractivity contribution in [2.45, 2.75) is 32.8 Å². The summed E-state index contributed by atoms with van der Waals surface area (Å²) in [5, 5.41) is 0. The van der Waals surface area contributed by atoms with Crippen molar-refractivity contribution < 1.29 is 4.74 Å². The van der Waals surface area contributed by atoms with Gasteiger partial charge >= 0.3 is 0 Å². The van der Waals surface area contributed by atoms with Crippen LogP contribution in [-0.4, -0.2) is 28.1 Å². The second-order valence-corrected chi connectivity index (χ2v) is 6.09. The molecule has 1 aromatic heterocycles. The van der Waals surface area contributed by atoms with Gasteiger partial charge in [-0.3, -0.25) is 0 Å². The Bertz CT molecular complexity index is 450. The summed E-state index contributed by atoms with van der Waals surface area (Å²) >= 11 is 7.28. The lowest BCUT2D eigenvalue weighted by molar-refractivity contribution is 0.0691. The molecule has 1 aliphatic heterocycles. The first-order valence-electron chi connectivity index (χ1n) is 5.89. The molecule has 1 N–H and O–H groups in total. The highest BCUT2D eigenvalue weighted by atomic mass is 32.2. The van der Waals surface area contributed by atoms with E-state index in [1.165, 1.54) is 0 Å². The molecular weight excluding hydrogens is 252 g/mol. The molecule has 0 spiro atoms. The number of hydrogen-bond acceptors (Lipinski definition) is 4. The number of aromatic amines is 1. The number of H-pyrrole nitrogens is 1. The van der Waals surface area contributed by atoms with Crippen LogP contribution in [0.4, 0.5) is 0 Å². The minimum Gasteiger partial charge on any atom is -0.369 e. The molecule has 5 heteroatoms. The van der Waals surface area contributed by atoms with Crippen molar-refractivity contribution in [1.29, 1.82) is 0 Å². The van der Waals surface area contributed by atoms with Crippen molar-refractivity contribution in [2.24, 2.45) is 0 Å². The zero-order chi connectivity index (χ0) is 12.4. The predicted octanol–water partition coefficient (Wildman–Crippen LogP) is 3.38. The predicted molar refractivity (Wildman–Crippen MR) is 74.3 cm³/mol. The third-order valence-corrected chi connectivity index (χ3v) is 4.18. The number of aromatic nitrogens is 2. The van der Waals surface area contributed by atoms with Crippen LogP contribution < -0.4 is 0 Å². The van der Waals surface area contributed by atoms with Gasteiger partial charge < -0.3 is 9.72 Å². The highest BCUT2D eigenvalue weighted by Gasteiger charge is 2.20. The van der Waals surface area contributed by atoms with Crippen LogP contribution in [0.1, 0.15) is 43.0 Å². The van der Waals surface area contributed by atoms with E-state index in [2.05, 4.69) is 30.7 Å². The summed E-state index contributed by atoms with van der Waals surface area (Å²) in [6, 6.07) is 0. The molecule has 1 unspecified atom stereocenters. The van der Waals surface area contributed by atoms with Crippen molar-refractivity contribution >= 4 is 24.0 Å². The minimum atomic E-state index is 0.0652. The van der Waals surface area contributed by atoms with Crippen LogP contribution in [0.25, 0.3) is 0 Å². The maximum absolute atomic E-state index is 5.71. The Balaban J connectivity index is 2.34. The van der Waals surface area contributed by atoms with Crippen molar-refractivity contribution in [2.75, 3.05) is 18.1 Å². The van der Waals surface area contributed by atoms with Gasteiger partial charge in [0.25, 0.3) is 0 Å². The number of thioether (sulfide) groups is 1. The van der Waals surface area contributed by atoms with E-state index >= 15 is 0 Å². The first kappa shape index (κ1) is 13.1. The van der Waals surface area contributed by atoms with E-state index in [4.69, 9.17) is 17.0 Å². The average Bonchev–Trinajstić information content (AvgIpc) is 2.28. The van der Waals surface area contributed by atoms with E-state index in [-0.39, 0.29) is 6.10 Å². The van der Waals surface area contributed by atoms with Crippen LogP contribution in [0.15, 0.2) is 0 Å². The van der Waals surface area contributed by atoms with Gasteiger partial charge in [-0.05, 0) is 12.8 Å². The molecule has 0 bridgehead atoms. The van der Waals surface area contributed by atoms with Crippen molar-refractivity contribution in [3.8, 4) is 0 Å². The summed E-state index contributed by atoms with van der Waals surface area (Å²) in [6.45, 7) is 7.13. The van der Waals surface area contributed by atoms with Crippen molar-refractivity contribution in [3.05, 3.63) is 21.7 Å². The highest BCUT2D eigenvalue weighted by Crippen LogP contribution is 2.26. The molecule has 0 radical (unpaired) electrons. The molecule has 0 saturated carbocycles. The number of nitrogens with zero attached hydrogens (tertiary/aromatic N) is 1. The van der Waals surface area contributed by atoms with Gasteiger partial charge in [-0.15, -0.1) is 0 Å². The summed E-state index contributed by atoms with van der Waals surface area (Å²) in [7, 11) is 0. The maximum Gasteiger partial charge on any atom is 0.138 e. The Labute approximate surface area is 111 Å². The van der Waals surface area contributed by atoms with Gasteiger partial charge in [0.1, 0.15) is 16.6 Å². The molecule has 2 rings (SSSR count). The van der Waals surface area contributed by atoms with Crippen molar-refractivity contribution in [1.82, 2.24) is 9.97 Å². The number of nitrogens with one attached hydrogen (secondary N) is 1. The fraction of sp³-hybridized carbons (Fsp3) is 0.667. The molecule has 1 atom stereocenters. The summed E-state index contributed by atoms with van der Waals surface area (Å²) in [5.41, 5.74) is 2.27. The summed E-state index contributed by atoms with van der Waals surface area (Å²) in [5.74, 6) is 3.31. The van der Waals surface area contributed by atoms with Crippen LogP contribution in [0.3, 0.4) is 0 Å². The van der Waals surface area contributed by atoms with Gasteiger partial charge in [-0.1, -0.05) is 26.1 Å². The smallest absolute Gasteiger partial charge is 0.138 e. The number of rotatable bonds is 2. The molecule has 1 aromatic rings. The molecule has 3 nitrogen and oxygen atoms in total. The third-order valence-electron chi connectivity index (χ3n) is 2.87. The third kappa shape index (κ3) is 2.89. The molecule has 1 fully saturated rings. The van der Waals surface area contributed by atoms with Gasteiger partial charge in [-0.25, -0.2) is 4.98 Å². The molecule has 94 valence electrons. The molecule has 0 aromatic carbocycles. The van der Waals surface area contributed by atoms with Crippen LogP contribution >= 0.6 is 24.0 Å². The van der Waals surface area contributed by atoms with Crippen LogP contribution in [0.5, 0.6) is 0 Å². The fourth-order valence-electron chi connectivity index (χ4n) is 2.10. The van der Waals surface area contributed by atoms with E-state index in [9.17, 15) is 0 Å². The minimum absolute atomic E-state index is 0.0652. The summed E-state index contributed by atoms with van der Waals surface area (Å²) in [4.78, 5) is 7.85. The van der Waals surface area contributed by atoms with Gasteiger partial charge in [0.2, 0.25) is 0 Å². The molecule has 1 saturated heterocycles. The first-order valence-corrected chi connectivity index (χ1v) is 7.46. The Morgan fingerprint density at radius 1 is 1.53 bits per heavy atom. The monoisotopic (exact) mass is 270 g/mol. The highest BCUT2D eigenvalue weighted by molar-refractivity contribution is 7.99. The van der Waals surface area contributed by atoms with E-state index in [0.29, 0.717) is 10.6 Å². The van der Waals surface area contributed by atoms with Gasteiger partial charge in [-0.2, -0.15) is 11.8 Å². The second kappa shape index (κ2) is 5.50. The van der Waals surface area contributed by atoms with Crippen LogP contribution in [-0.2, 0) is 4.74 Å². The Morgan fingerprint density at radius 2 is 2.29 bits per heavy atom. The Kier molecular flexibility index (Phi) is 4.22. The molecule has 17 heavy (non-hydrogen) atoms. The SMILES string of the molecule is Cc1[nH]c(C2CSCCO2)nc(=S)c1C(C)C. The van der Waals surface area contributed by atoms with E-state index in [0.717, 1.165) is 35.2 Å². The summed E-state index contributed by atoms with van der Waals surface area (Å²) < 4.78 is 6.43. The quantitative estimate of drug-likeness (QED) is 0.836.